The first-order valence-corrected chi connectivity index (χ1v) is 10.5. The number of anilines is 1. The van der Waals surface area contributed by atoms with Crippen LogP contribution in [0.25, 0.3) is 11.1 Å². The number of urea groups is 1. The van der Waals surface area contributed by atoms with Crippen LogP contribution in [0.3, 0.4) is 0 Å². The van der Waals surface area contributed by atoms with Gasteiger partial charge in [0.15, 0.2) is 0 Å². The molecule has 0 aromatic heterocycles. The summed E-state index contributed by atoms with van der Waals surface area (Å²) in [7, 11) is 2.27. The number of amides is 2. The minimum atomic E-state index is -5.19. The predicted molar refractivity (Wildman–Crippen MR) is 112 cm³/mol. The van der Waals surface area contributed by atoms with Crippen molar-refractivity contribution in [3.8, 4) is 11.1 Å². The topological polar surface area (TPSA) is 81.3 Å². The molecule has 2 aromatic carbocycles. The van der Waals surface area contributed by atoms with Gasteiger partial charge in [-0.05, 0) is 29.7 Å². The van der Waals surface area contributed by atoms with Crippen molar-refractivity contribution in [2.24, 2.45) is 5.92 Å². The van der Waals surface area contributed by atoms with Crippen LogP contribution in [-0.2, 0) is 4.79 Å². The summed E-state index contributed by atoms with van der Waals surface area (Å²) < 4.78 is 46.4. The van der Waals surface area contributed by atoms with Crippen molar-refractivity contribution in [3.63, 3.8) is 0 Å². The molecule has 6 nitrogen and oxygen atoms in total. The summed E-state index contributed by atoms with van der Waals surface area (Å²) in [6.07, 6.45) is -2.85. The van der Waals surface area contributed by atoms with Gasteiger partial charge in [0.05, 0.1) is 38.4 Å². The van der Waals surface area contributed by atoms with Gasteiger partial charge in [0, 0.05) is 18.4 Å². The smallest absolute Gasteiger partial charge is 0.430 e. The maximum atomic E-state index is 13.8. The summed E-state index contributed by atoms with van der Waals surface area (Å²) in [5, 5.41) is 14.9. The number of carbonyl (C=O) groups excluding carboxylic acids is 2. The van der Waals surface area contributed by atoms with E-state index in [0.717, 1.165) is 16.6 Å². The van der Waals surface area contributed by atoms with Gasteiger partial charge in [-0.3, -0.25) is 0 Å². The van der Waals surface area contributed by atoms with Gasteiger partial charge in [0.25, 0.3) is 0 Å². The minimum Gasteiger partial charge on any atom is -0.542 e. The van der Waals surface area contributed by atoms with E-state index < -0.39 is 12.1 Å². The quantitative estimate of drug-likeness (QED) is 0.538. The lowest BCUT2D eigenvalue weighted by atomic mass is 9.82. The fraction of sp³-hybridized carbons (Fsp3) is 0.391. The number of quaternary nitrogens is 1. The first kappa shape index (κ1) is 24.5. The van der Waals surface area contributed by atoms with E-state index in [1.807, 2.05) is 30.3 Å². The van der Waals surface area contributed by atoms with Crippen molar-refractivity contribution in [2.45, 2.75) is 25.1 Å². The Bertz CT molecular complexity index is 990. The fourth-order valence-electron chi connectivity index (χ4n) is 4.39. The molecule has 178 valence electrons. The average molecular weight is 467 g/mol. The number of carbonyl (C=O) groups is 2. The van der Waals surface area contributed by atoms with Gasteiger partial charge in [-0.15, -0.1) is 0 Å². The summed E-state index contributed by atoms with van der Waals surface area (Å²) in [4.78, 5) is 21.4. The van der Waals surface area contributed by atoms with Crippen LogP contribution in [-0.4, -0.2) is 55.4 Å². The summed E-state index contributed by atoms with van der Waals surface area (Å²) in [6, 6.07) is 14.0. The van der Waals surface area contributed by atoms with E-state index in [0.29, 0.717) is 17.2 Å². The standard InChI is InChI=1S/C21H24FN3O.C2HF3O2/c1-25-11-9-16(10-12-25)20(14-25)24-21(26)23-19-8-7-17(22)13-18(19)15-5-3-2-4-6-15;3-2(4,5)1(6)7/h2-8,13,16,20H,9-12,14H2,1H3,(H-,23,24,26);(H,6,7)/t16?,20-,25?;/m0./s1. The second kappa shape index (κ2) is 9.78. The molecule has 0 unspecified atom stereocenters. The molecule has 2 N–H and O–H groups in total. The Morgan fingerprint density at radius 1 is 1.06 bits per heavy atom. The molecule has 3 heterocycles. The molecule has 2 aromatic rings. The van der Waals surface area contributed by atoms with E-state index in [4.69, 9.17) is 9.90 Å². The highest BCUT2D eigenvalue weighted by molar-refractivity contribution is 5.94. The molecule has 33 heavy (non-hydrogen) atoms. The first-order chi connectivity index (χ1) is 15.5. The fourth-order valence-corrected chi connectivity index (χ4v) is 4.39. The molecular formula is C23H25F4N3O3. The Hall–Kier alpha value is -3.14. The monoisotopic (exact) mass is 467 g/mol. The van der Waals surface area contributed by atoms with Gasteiger partial charge in [0.1, 0.15) is 11.8 Å². The number of rotatable bonds is 3. The number of carboxylic acid groups (broad SMARTS) is 1. The Morgan fingerprint density at radius 3 is 2.21 bits per heavy atom. The second-order valence-electron chi connectivity index (χ2n) is 8.63. The van der Waals surface area contributed by atoms with E-state index in [1.54, 1.807) is 6.07 Å². The Labute approximate surface area is 188 Å². The van der Waals surface area contributed by atoms with Crippen LogP contribution in [0.2, 0.25) is 0 Å². The van der Waals surface area contributed by atoms with Crippen LogP contribution >= 0.6 is 0 Å². The SMILES string of the molecule is C[N+]12CCC(CC1)[C@@H](NC(=O)Nc1ccc(F)cc1-c1ccccc1)C2.O=C([O-])C(F)(F)F. The van der Waals surface area contributed by atoms with Gasteiger partial charge in [0.2, 0.25) is 0 Å². The van der Waals surface area contributed by atoms with Crippen molar-refractivity contribution in [1.29, 1.82) is 0 Å². The molecule has 3 fully saturated rings. The summed E-state index contributed by atoms with van der Waals surface area (Å²) in [6.45, 7) is 3.41. The second-order valence-corrected chi connectivity index (χ2v) is 8.63. The van der Waals surface area contributed by atoms with E-state index in [-0.39, 0.29) is 17.9 Å². The Kier molecular flexibility index (Phi) is 7.26. The molecular weight excluding hydrogens is 442 g/mol. The molecule has 3 aliphatic heterocycles. The van der Waals surface area contributed by atoms with Crippen molar-refractivity contribution >= 4 is 17.7 Å². The van der Waals surface area contributed by atoms with Crippen molar-refractivity contribution in [2.75, 3.05) is 32.0 Å². The number of hydrogen-bond acceptors (Lipinski definition) is 3. The molecule has 3 aliphatic rings. The largest absolute Gasteiger partial charge is 0.542 e. The third kappa shape index (κ3) is 6.44. The van der Waals surface area contributed by atoms with Crippen LogP contribution in [0.15, 0.2) is 48.5 Å². The minimum absolute atomic E-state index is 0.209. The zero-order chi connectivity index (χ0) is 24.2. The number of aliphatic carboxylic acids is 1. The van der Waals surface area contributed by atoms with Crippen LogP contribution in [0, 0.1) is 11.7 Å². The van der Waals surface area contributed by atoms with Gasteiger partial charge < -0.3 is 25.0 Å². The molecule has 0 aliphatic carbocycles. The predicted octanol–water partition coefficient (Wildman–Crippen LogP) is 3.15. The molecule has 0 radical (unpaired) electrons. The third-order valence-electron chi connectivity index (χ3n) is 6.15. The van der Waals surface area contributed by atoms with E-state index in [2.05, 4.69) is 17.7 Å². The van der Waals surface area contributed by atoms with E-state index >= 15 is 0 Å². The molecule has 2 amide bonds. The molecule has 0 saturated carbocycles. The number of fused-ring (bicyclic) bond motifs is 3. The molecule has 0 spiro atoms. The summed E-state index contributed by atoms with van der Waals surface area (Å²) >= 11 is 0. The molecule has 3 saturated heterocycles. The summed E-state index contributed by atoms with van der Waals surface area (Å²) in [5.74, 6) is -2.75. The van der Waals surface area contributed by atoms with Crippen molar-refractivity contribution < 1.29 is 36.7 Å². The number of carboxylic acids is 1. The normalized spacial score (nSPS) is 23.8. The molecule has 1 atom stereocenters. The maximum absolute atomic E-state index is 13.8. The number of likely N-dealkylation sites (N-methyl/N-ethyl adjacent to an activating group) is 1. The maximum Gasteiger partial charge on any atom is 0.430 e. The first-order valence-electron chi connectivity index (χ1n) is 10.5. The number of alkyl halides is 3. The Balaban J connectivity index is 0.000000383. The van der Waals surface area contributed by atoms with Gasteiger partial charge in [-0.1, -0.05) is 30.3 Å². The average Bonchev–Trinajstić information content (AvgIpc) is 2.75. The van der Waals surface area contributed by atoms with E-state index in [1.165, 1.54) is 38.1 Å². The number of nitrogens with one attached hydrogen (secondary N) is 2. The lowest BCUT2D eigenvalue weighted by Gasteiger charge is -2.50. The van der Waals surface area contributed by atoms with Crippen LogP contribution < -0.4 is 15.7 Å². The van der Waals surface area contributed by atoms with E-state index in [9.17, 15) is 22.4 Å². The van der Waals surface area contributed by atoms with Crippen LogP contribution in [0.1, 0.15) is 12.8 Å². The lowest BCUT2D eigenvalue weighted by molar-refractivity contribution is -0.925. The highest BCUT2D eigenvalue weighted by Gasteiger charge is 2.43. The number of hydrogen-bond donors (Lipinski definition) is 2. The zero-order valence-corrected chi connectivity index (χ0v) is 18.0. The highest BCUT2D eigenvalue weighted by Crippen LogP contribution is 2.33. The summed E-state index contributed by atoms with van der Waals surface area (Å²) in [5.41, 5.74) is 2.19. The van der Waals surface area contributed by atoms with Crippen molar-refractivity contribution in [1.82, 2.24) is 5.32 Å². The highest BCUT2D eigenvalue weighted by atomic mass is 19.4. The number of benzene rings is 2. The number of halogens is 4. The van der Waals surface area contributed by atoms with Gasteiger partial charge >= 0.3 is 12.2 Å². The third-order valence-corrected chi connectivity index (χ3v) is 6.15. The lowest BCUT2D eigenvalue weighted by Crippen LogP contribution is -2.65. The van der Waals surface area contributed by atoms with Crippen LogP contribution in [0.4, 0.5) is 28.0 Å². The molecule has 2 bridgehead atoms. The zero-order valence-electron chi connectivity index (χ0n) is 18.0. The number of nitrogens with zero attached hydrogens (tertiary/aromatic N) is 1. The van der Waals surface area contributed by atoms with Crippen LogP contribution in [0.5, 0.6) is 0 Å². The van der Waals surface area contributed by atoms with Gasteiger partial charge in [-0.2, -0.15) is 13.2 Å². The molecule has 10 heteroatoms. The van der Waals surface area contributed by atoms with Crippen molar-refractivity contribution in [3.05, 3.63) is 54.3 Å². The Morgan fingerprint density at radius 2 is 1.67 bits per heavy atom. The molecule has 5 rings (SSSR count). The number of piperidine rings is 3. The van der Waals surface area contributed by atoms with Gasteiger partial charge in [-0.25, -0.2) is 9.18 Å².